The zero-order chi connectivity index (χ0) is 13.2. The fraction of sp³-hybridized carbons (Fsp3) is 0.917. The van der Waals surface area contributed by atoms with Gasteiger partial charge in [-0.3, -0.25) is 5.43 Å². The Morgan fingerprint density at radius 1 is 1.22 bits per heavy atom. The van der Waals surface area contributed by atoms with Crippen LogP contribution in [0.25, 0.3) is 0 Å². The minimum Gasteiger partial charge on any atom is -0.443 e. The van der Waals surface area contributed by atoms with E-state index in [0.717, 1.165) is 12.8 Å². The zero-order valence-corrected chi connectivity index (χ0v) is 11.3. The van der Waals surface area contributed by atoms with Crippen LogP contribution in [-0.4, -0.2) is 48.8 Å². The lowest BCUT2D eigenvalue weighted by atomic mass is 10.1. The molecule has 0 aromatic rings. The van der Waals surface area contributed by atoms with Gasteiger partial charge in [0.2, 0.25) is 0 Å². The van der Waals surface area contributed by atoms with Crippen molar-refractivity contribution in [2.24, 2.45) is 0 Å². The number of ether oxygens (including phenoxy) is 3. The summed E-state index contributed by atoms with van der Waals surface area (Å²) in [5, 5.41) is 1.85. The highest BCUT2D eigenvalue weighted by molar-refractivity contribution is 5.67. The highest BCUT2D eigenvalue weighted by Crippen LogP contribution is 2.30. The van der Waals surface area contributed by atoms with Gasteiger partial charge in [-0.25, -0.2) is 9.80 Å². The summed E-state index contributed by atoms with van der Waals surface area (Å²) in [6, 6.07) is 0. The molecule has 2 rings (SSSR count). The fourth-order valence-electron chi connectivity index (χ4n) is 2.17. The van der Waals surface area contributed by atoms with Gasteiger partial charge in [0.15, 0.2) is 5.79 Å². The van der Waals surface area contributed by atoms with Gasteiger partial charge in [0.05, 0.1) is 13.2 Å². The first-order valence-corrected chi connectivity index (χ1v) is 6.41. The quantitative estimate of drug-likeness (QED) is 0.767. The smallest absolute Gasteiger partial charge is 0.422 e. The summed E-state index contributed by atoms with van der Waals surface area (Å²) < 4.78 is 16.4. The maximum Gasteiger partial charge on any atom is 0.422 e. The molecular weight excluding hydrogens is 236 g/mol. The fourth-order valence-corrected chi connectivity index (χ4v) is 2.17. The normalized spacial score (nSPS) is 24.2. The van der Waals surface area contributed by atoms with Gasteiger partial charge in [0.25, 0.3) is 0 Å². The first kappa shape index (κ1) is 13.6. The molecule has 1 spiro atoms. The van der Waals surface area contributed by atoms with Crippen LogP contribution in [0, 0.1) is 0 Å². The molecule has 2 fully saturated rings. The van der Waals surface area contributed by atoms with E-state index in [2.05, 4.69) is 5.43 Å². The van der Waals surface area contributed by atoms with Crippen molar-refractivity contribution in [2.45, 2.75) is 45.0 Å². The number of hydrogen-bond donors (Lipinski definition) is 1. The van der Waals surface area contributed by atoms with Crippen LogP contribution < -0.4 is 5.43 Å². The lowest BCUT2D eigenvalue weighted by molar-refractivity contribution is -0.188. The van der Waals surface area contributed by atoms with Crippen LogP contribution in [0.4, 0.5) is 4.79 Å². The van der Waals surface area contributed by atoms with Gasteiger partial charge in [0.1, 0.15) is 5.60 Å². The Kier molecular flexibility index (Phi) is 3.79. The third-order valence-electron chi connectivity index (χ3n) is 2.99. The predicted molar refractivity (Wildman–Crippen MR) is 64.8 cm³/mol. The van der Waals surface area contributed by atoms with Crippen molar-refractivity contribution in [3.63, 3.8) is 0 Å². The number of nitrogens with zero attached hydrogens (tertiary/aromatic N) is 1. The van der Waals surface area contributed by atoms with Crippen molar-refractivity contribution in [1.29, 1.82) is 0 Å². The summed E-state index contributed by atoms with van der Waals surface area (Å²) in [5.41, 5.74) is 2.27. The first-order chi connectivity index (χ1) is 8.39. The summed E-state index contributed by atoms with van der Waals surface area (Å²) in [4.78, 5) is 11.6. The van der Waals surface area contributed by atoms with Crippen LogP contribution >= 0.6 is 0 Å². The van der Waals surface area contributed by atoms with Crippen molar-refractivity contribution in [3.05, 3.63) is 0 Å². The van der Waals surface area contributed by atoms with Crippen LogP contribution in [0.1, 0.15) is 33.6 Å². The number of amides is 1. The van der Waals surface area contributed by atoms with Crippen LogP contribution in [0.2, 0.25) is 0 Å². The molecule has 0 aromatic carbocycles. The highest BCUT2D eigenvalue weighted by Gasteiger charge is 2.40. The Morgan fingerprint density at radius 2 is 1.78 bits per heavy atom. The standard InChI is InChI=1S/C12H22N2O4/c1-11(2,3)18-10(15)13-14-6-4-12(5-7-14)16-8-9-17-12/h4-9H2,1-3H3,(H,13,15). The molecule has 0 unspecified atom stereocenters. The van der Waals surface area contributed by atoms with E-state index in [4.69, 9.17) is 14.2 Å². The van der Waals surface area contributed by atoms with E-state index >= 15 is 0 Å². The number of nitrogens with one attached hydrogen (secondary N) is 1. The second-order valence-electron chi connectivity index (χ2n) is 5.71. The number of piperidine rings is 1. The molecular formula is C12H22N2O4. The Labute approximate surface area is 108 Å². The largest absolute Gasteiger partial charge is 0.443 e. The van der Waals surface area contributed by atoms with E-state index in [0.29, 0.717) is 26.3 Å². The number of carbonyl (C=O) groups is 1. The molecule has 2 aliphatic rings. The molecule has 18 heavy (non-hydrogen) atoms. The minimum atomic E-state index is -0.473. The zero-order valence-electron chi connectivity index (χ0n) is 11.3. The maximum atomic E-state index is 11.6. The molecule has 2 aliphatic heterocycles. The Bertz CT molecular complexity index is 298. The van der Waals surface area contributed by atoms with Gasteiger partial charge in [-0.1, -0.05) is 0 Å². The number of hydrazine groups is 1. The SMILES string of the molecule is CC(C)(C)OC(=O)NN1CCC2(CC1)OCCO2. The summed E-state index contributed by atoms with van der Waals surface area (Å²) >= 11 is 0. The van der Waals surface area contributed by atoms with Gasteiger partial charge in [0, 0.05) is 25.9 Å². The lowest BCUT2D eigenvalue weighted by Gasteiger charge is -2.37. The molecule has 0 aromatic heterocycles. The van der Waals surface area contributed by atoms with Crippen molar-refractivity contribution in [2.75, 3.05) is 26.3 Å². The minimum absolute atomic E-state index is 0.410. The van der Waals surface area contributed by atoms with Gasteiger partial charge in [-0.15, -0.1) is 0 Å². The van der Waals surface area contributed by atoms with Crippen LogP contribution in [-0.2, 0) is 14.2 Å². The molecule has 6 heteroatoms. The maximum absolute atomic E-state index is 11.6. The Morgan fingerprint density at radius 3 is 2.28 bits per heavy atom. The summed E-state index contributed by atoms with van der Waals surface area (Å²) in [6.07, 6.45) is 1.12. The Balaban J connectivity index is 1.75. The number of carbonyl (C=O) groups excluding carboxylic acids is 1. The van der Waals surface area contributed by atoms with E-state index in [1.54, 1.807) is 0 Å². The van der Waals surface area contributed by atoms with E-state index in [1.165, 1.54) is 0 Å². The molecule has 1 amide bonds. The van der Waals surface area contributed by atoms with Gasteiger partial charge >= 0.3 is 6.09 Å². The van der Waals surface area contributed by atoms with Gasteiger partial charge < -0.3 is 14.2 Å². The summed E-state index contributed by atoms with van der Waals surface area (Å²) in [7, 11) is 0. The van der Waals surface area contributed by atoms with Crippen molar-refractivity contribution in [3.8, 4) is 0 Å². The second kappa shape index (κ2) is 5.03. The third-order valence-corrected chi connectivity index (χ3v) is 2.99. The third kappa shape index (κ3) is 3.57. The molecule has 2 heterocycles. The molecule has 2 saturated heterocycles. The molecule has 6 nitrogen and oxygen atoms in total. The molecule has 1 N–H and O–H groups in total. The first-order valence-electron chi connectivity index (χ1n) is 6.41. The summed E-state index contributed by atoms with van der Waals surface area (Å²) in [6.45, 7) is 8.28. The highest BCUT2D eigenvalue weighted by atomic mass is 16.7. The van der Waals surface area contributed by atoms with Crippen LogP contribution in [0.15, 0.2) is 0 Å². The average Bonchev–Trinajstić information content (AvgIpc) is 2.68. The lowest BCUT2D eigenvalue weighted by Crippen LogP contribution is -2.52. The molecule has 0 saturated carbocycles. The molecule has 0 atom stereocenters. The number of rotatable bonds is 1. The molecule has 0 radical (unpaired) electrons. The van der Waals surface area contributed by atoms with Gasteiger partial charge in [-0.2, -0.15) is 0 Å². The van der Waals surface area contributed by atoms with Crippen molar-refractivity contribution >= 4 is 6.09 Å². The Hall–Kier alpha value is -0.850. The van der Waals surface area contributed by atoms with Crippen molar-refractivity contribution in [1.82, 2.24) is 10.4 Å². The van der Waals surface area contributed by atoms with E-state index < -0.39 is 17.5 Å². The summed E-state index contributed by atoms with van der Waals surface area (Å²) in [5.74, 6) is -0.411. The monoisotopic (exact) mass is 258 g/mol. The van der Waals surface area contributed by atoms with Crippen LogP contribution in [0.3, 0.4) is 0 Å². The molecule has 0 bridgehead atoms. The van der Waals surface area contributed by atoms with E-state index in [-0.39, 0.29) is 0 Å². The predicted octanol–water partition coefficient (Wildman–Crippen LogP) is 1.26. The van der Waals surface area contributed by atoms with Crippen molar-refractivity contribution < 1.29 is 19.0 Å². The molecule has 0 aliphatic carbocycles. The topological polar surface area (TPSA) is 60.0 Å². The number of hydrogen-bond acceptors (Lipinski definition) is 5. The van der Waals surface area contributed by atoms with E-state index in [1.807, 2.05) is 25.8 Å². The molecule has 104 valence electrons. The van der Waals surface area contributed by atoms with E-state index in [9.17, 15) is 4.79 Å². The van der Waals surface area contributed by atoms with Crippen LogP contribution in [0.5, 0.6) is 0 Å². The van der Waals surface area contributed by atoms with Gasteiger partial charge in [-0.05, 0) is 20.8 Å². The second-order valence-corrected chi connectivity index (χ2v) is 5.71. The average molecular weight is 258 g/mol.